The summed E-state index contributed by atoms with van der Waals surface area (Å²) in [7, 11) is 0. The molecule has 4 aromatic rings. The van der Waals surface area contributed by atoms with E-state index in [1.165, 1.54) is 0 Å². The molecule has 4 aromatic carbocycles. The van der Waals surface area contributed by atoms with Crippen LogP contribution in [0.25, 0.3) is 0 Å². The van der Waals surface area contributed by atoms with Crippen LogP contribution in [0.2, 0.25) is 0 Å². The summed E-state index contributed by atoms with van der Waals surface area (Å²) in [4.78, 5) is 0. The van der Waals surface area contributed by atoms with Crippen LogP contribution in [0.5, 0.6) is 0 Å². The van der Waals surface area contributed by atoms with Gasteiger partial charge in [-0.2, -0.15) is 0 Å². The topological polar surface area (TPSA) is 105 Å². The molecule has 0 spiro atoms. The maximum atomic E-state index is 11.4. The van der Waals surface area contributed by atoms with Gasteiger partial charge in [0.25, 0.3) is 0 Å². The summed E-state index contributed by atoms with van der Waals surface area (Å²) >= 11 is 0. The van der Waals surface area contributed by atoms with Crippen LogP contribution in [0.1, 0.15) is 36.1 Å². The molecular formula is C40H46O9. The Labute approximate surface area is 288 Å². The van der Waals surface area contributed by atoms with E-state index >= 15 is 0 Å². The predicted octanol–water partition coefficient (Wildman–Crippen LogP) is 5.56. The number of rotatable bonds is 14. The Balaban J connectivity index is 1.27. The minimum absolute atomic E-state index is 0.236. The largest absolute Gasteiger partial charge is 0.388 e. The molecule has 0 amide bonds. The van der Waals surface area contributed by atoms with Crippen molar-refractivity contribution < 1.29 is 43.4 Å². The smallest absolute Gasteiger partial charge is 0.187 e. The molecule has 6 rings (SSSR count). The van der Waals surface area contributed by atoms with Crippen LogP contribution in [0, 0.1) is 0 Å². The highest BCUT2D eigenvalue weighted by Gasteiger charge is 2.51. The van der Waals surface area contributed by atoms with Gasteiger partial charge in [0, 0.05) is 0 Å². The van der Waals surface area contributed by atoms with E-state index in [-0.39, 0.29) is 26.4 Å². The SMILES string of the molecule is C[C@@H]1OC(O[C@H]2[C@H](OCc3ccccc3)[C@H](OCc3ccccc3)C(O)O[C@@H]2C)[C@H](OCc2ccccc2)[C@H](OCc2ccccc2)[C@H]1O. The second kappa shape index (κ2) is 17.4. The number of aliphatic hydroxyl groups is 2. The van der Waals surface area contributed by atoms with Gasteiger partial charge in [0.05, 0.1) is 38.6 Å². The minimum Gasteiger partial charge on any atom is -0.388 e. The van der Waals surface area contributed by atoms with Crippen molar-refractivity contribution >= 4 is 0 Å². The van der Waals surface area contributed by atoms with Gasteiger partial charge in [-0.25, -0.2) is 0 Å². The Hall–Kier alpha value is -3.48. The second-order valence-electron chi connectivity index (χ2n) is 12.6. The van der Waals surface area contributed by atoms with E-state index < -0.39 is 61.4 Å². The summed E-state index contributed by atoms with van der Waals surface area (Å²) in [6, 6.07) is 39.1. The summed E-state index contributed by atoms with van der Waals surface area (Å²) in [6.07, 6.45) is -8.48. The van der Waals surface area contributed by atoms with Crippen LogP contribution in [0.4, 0.5) is 0 Å². The highest BCUT2D eigenvalue weighted by Crippen LogP contribution is 2.34. The molecule has 2 saturated heterocycles. The highest BCUT2D eigenvalue weighted by molar-refractivity contribution is 5.16. The van der Waals surface area contributed by atoms with Gasteiger partial charge in [0.15, 0.2) is 12.6 Å². The first-order valence-electron chi connectivity index (χ1n) is 16.9. The van der Waals surface area contributed by atoms with Crippen LogP contribution in [0.15, 0.2) is 121 Å². The molecule has 2 unspecified atom stereocenters. The Morgan fingerprint density at radius 1 is 0.449 bits per heavy atom. The van der Waals surface area contributed by atoms with E-state index in [0.29, 0.717) is 0 Å². The lowest BCUT2D eigenvalue weighted by Gasteiger charge is -2.48. The Morgan fingerprint density at radius 3 is 1.29 bits per heavy atom. The summed E-state index contributed by atoms with van der Waals surface area (Å²) in [5, 5.41) is 22.6. The van der Waals surface area contributed by atoms with E-state index in [4.69, 9.17) is 33.2 Å². The molecule has 9 heteroatoms. The average Bonchev–Trinajstić information content (AvgIpc) is 3.13. The molecule has 0 aliphatic carbocycles. The average molecular weight is 671 g/mol. The summed E-state index contributed by atoms with van der Waals surface area (Å²) in [5.41, 5.74) is 3.82. The van der Waals surface area contributed by atoms with Crippen LogP contribution in [-0.4, -0.2) is 71.6 Å². The zero-order valence-electron chi connectivity index (χ0n) is 27.9. The zero-order valence-corrected chi connectivity index (χ0v) is 27.9. The van der Waals surface area contributed by atoms with Crippen molar-refractivity contribution in [3.05, 3.63) is 144 Å². The molecule has 2 N–H and O–H groups in total. The van der Waals surface area contributed by atoms with Crippen LogP contribution >= 0.6 is 0 Å². The van der Waals surface area contributed by atoms with Gasteiger partial charge in [-0.1, -0.05) is 121 Å². The van der Waals surface area contributed by atoms with Gasteiger partial charge in [-0.15, -0.1) is 0 Å². The molecule has 0 bridgehead atoms. The van der Waals surface area contributed by atoms with E-state index in [1.807, 2.05) is 128 Å². The fourth-order valence-corrected chi connectivity index (χ4v) is 6.23. The monoisotopic (exact) mass is 670 g/mol. The van der Waals surface area contributed by atoms with Crippen molar-refractivity contribution in [3.63, 3.8) is 0 Å². The third-order valence-electron chi connectivity index (χ3n) is 8.94. The number of aliphatic hydroxyl groups excluding tert-OH is 2. The van der Waals surface area contributed by atoms with E-state index in [9.17, 15) is 10.2 Å². The third-order valence-corrected chi connectivity index (χ3v) is 8.94. The lowest BCUT2D eigenvalue weighted by molar-refractivity contribution is -0.364. The van der Waals surface area contributed by atoms with Crippen LogP contribution in [-0.2, 0) is 59.6 Å². The molecule has 2 heterocycles. The normalized spacial score (nSPS) is 30.2. The molecule has 0 radical (unpaired) electrons. The van der Waals surface area contributed by atoms with Crippen molar-refractivity contribution in [1.82, 2.24) is 0 Å². The quantitative estimate of drug-likeness (QED) is 0.179. The molecule has 2 aliphatic rings. The van der Waals surface area contributed by atoms with E-state index in [2.05, 4.69) is 0 Å². The van der Waals surface area contributed by atoms with Gasteiger partial charge >= 0.3 is 0 Å². The van der Waals surface area contributed by atoms with E-state index in [0.717, 1.165) is 22.3 Å². The maximum absolute atomic E-state index is 11.4. The summed E-state index contributed by atoms with van der Waals surface area (Å²) in [6.45, 7) is 4.61. The molecule has 2 fully saturated rings. The molecule has 0 saturated carbocycles. The fraction of sp³-hybridized carbons (Fsp3) is 0.400. The van der Waals surface area contributed by atoms with Crippen molar-refractivity contribution in [2.24, 2.45) is 0 Å². The van der Waals surface area contributed by atoms with Crippen molar-refractivity contribution in [2.45, 2.75) is 102 Å². The second-order valence-corrected chi connectivity index (χ2v) is 12.6. The summed E-state index contributed by atoms with van der Waals surface area (Å²) in [5.74, 6) is 0. The first kappa shape index (κ1) is 35.3. The Morgan fingerprint density at radius 2 is 0.837 bits per heavy atom. The van der Waals surface area contributed by atoms with Crippen molar-refractivity contribution in [3.8, 4) is 0 Å². The van der Waals surface area contributed by atoms with Crippen molar-refractivity contribution in [2.75, 3.05) is 0 Å². The number of hydrogen-bond acceptors (Lipinski definition) is 9. The fourth-order valence-electron chi connectivity index (χ4n) is 6.23. The minimum atomic E-state index is -1.26. The van der Waals surface area contributed by atoms with E-state index in [1.54, 1.807) is 6.92 Å². The van der Waals surface area contributed by atoms with Gasteiger partial charge in [-0.3, -0.25) is 0 Å². The van der Waals surface area contributed by atoms with Gasteiger partial charge in [0.2, 0.25) is 0 Å². The lowest BCUT2D eigenvalue weighted by Crippen LogP contribution is -2.64. The highest BCUT2D eigenvalue weighted by atomic mass is 16.7. The predicted molar refractivity (Wildman–Crippen MR) is 182 cm³/mol. The van der Waals surface area contributed by atoms with Crippen LogP contribution in [0.3, 0.4) is 0 Å². The lowest BCUT2D eigenvalue weighted by atomic mass is 9.96. The molecule has 9 nitrogen and oxygen atoms in total. The molecule has 10 atom stereocenters. The van der Waals surface area contributed by atoms with Gasteiger partial charge in [0.1, 0.15) is 36.6 Å². The third kappa shape index (κ3) is 9.40. The molecule has 49 heavy (non-hydrogen) atoms. The zero-order chi connectivity index (χ0) is 34.0. The maximum Gasteiger partial charge on any atom is 0.187 e. The number of ether oxygens (including phenoxy) is 7. The van der Waals surface area contributed by atoms with Gasteiger partial charge in [-0.05, 0) is 36.1 Å². The number of hydrogen-bond donors (Lipinski definition) is 2. The standard InChI is InChI=1S/C40H46O9/c1-27-33(41)35(43-23-29-15-7-3-8-16-29)38(46-26-32-21-13-6-14-22-32)40(48-27)49-34-28(2)47-39(42)37(45-25-31-19-11-5-12-20-31)36(34)44-24-30-17-9-4-10-18-30/h3-22,27-28,33-42H,23-26H2,1-2H3/t27-,28+,33-,34+,35+,36-,37-,38+,39?,40?/m0/s1. The van der Waals surface area contributed by atoms with Crippen LogP contribution < -0.4 is 0 Å². The summed E-state index contributed by atoms with van der Waals surface area (Å²) < 4.78 is 44.9. The first-order valence-corrected chi connectivity index (χ1v) is 16.9. The van der Waals surface area contributed by atoms with Crippen molar-refractivity contribution in [1.29, 1.82) is 0 Å². The molecule has 260 valence electrons. The molecule has 0 aromatic heterocycles. The molecule has 2 aliphatic heterocycles. The van der Waals surface area contributed by atoms with Gasteiger partial charge < -0.3 is 43.4 Å². The number of benzene rings is 4. The molecular weight excluding hydrogens is 624 g/mol. The Bertz CT molecular complexity index is 1510. The first-order chi connectivity index (χ1) is 24.0. The Kier molecular flexibility index (Phi) is 12.6.